The van der Waals surface area contributed by atoms with Gasteiger partial charge in [0.25, 0.3) is 0 Å². The number of hydrogen-bond donors (Lipinski definition) is 1. The summed E-state index contributed by atoms with van der Waals surface area (Å²) in [6.07, 6.45) is 0. The van der Waals surface area contributed by atoms with Gasteiger partial charge in [-0.1, -0.05) is 56.8 Å². The van der Waals surface area contributed by atoms with E-state index in [0.717, 1.165) is 17.3 Å². The van der Waals surface area contributed by atoms with Crippen LogP contribution in [0, 0.1) is 6.92 Å². The predicted molar refractivity (Wildman–Crippen MR) is 104 cm³/mol. The minimum atomic E-state index is -0.524. The van der Waals surface area contributed by atoms with Crippen molar-refractivity contribution >= 4 is 23.3 Å². The van der Waals surface area contributed by atoms with Crippen molar-refractivity contribution in [1.29, 1.82) is 0 Å². The van der Waals surface area contributed by atoms with Gasteiger partial charge < -0.3 is 4.98 Å². The van der Waals surface area contributed by atoms with E-state index in [1.807, 2.05) is 24.3 Å². The molecule has 0 aliphatic heterocycles. The first-order chi connectivity index (χ1) is 12.0. The van der Waals surface area contributed by atoms with Gasteiger partial charge in [0.15, 0.2) is 11.6 Å². The number of aryl methyl sites for hydroxylation is 1. The van der Waals surface area contributed by atoms with Crippen molar-refractivity contribution in [3.63, 3.8) is 0 Å². The third-order valence-corrected chi connectivity index (χ3v) is 5.22. The topological polar surface area (TPSA) is 79.9 Å². The van der Waals surface area contributed by atoms with Gasteiger partial charge in [-0.25, -0.2) is 4.79 Å². The zero-order chi connectivity index (χ0) is 19.6. The number of aromatic nitrogens is 2. The van der Waals surface area contributed by atoms with Crippen LogP contribution in [0.5, 0.6) is 0 Å². The molecular formula is C20H24N2O3S. The summed E-state index contributed by atoms with van der Waals surface area (Å²) in [6.45, 7) is 11.2. The Bertz CT molecular complexity index is 893. The number of nitrogens with zero attached hydrogens (tertiary/aromatic N) is 1. The molecule has 2 rings (SSSR count). The second kappa shape index (κ2) is 7.58. The van der Waals surface area contributed by atoms with Gasteiger partial charge >= 0.3 is 5.69 Å². The van der Waals surface area contributed by atoms with E-state index in [1.54, 1.807) is 13.8 Å². The van der Waals surface area contributed by atoms with E-state index < -0.39 is 10.9 Å². The predicted octanol–water partition coefficient (Wildman–Crippen LogP) is 3.94. The van der Waals surface area contributed by atoms with Crippen LogP contribution in [-0.2, 0) is 5.41 Å². The molecule has 0 aliphatic carbocycles. The summed E-state index contributed by atoms with van der Waals surface area (Å²) in [6, 6.07) is 7.56. The van der Waals surface area contributed by atoms with E-state index in [9.17, 15) is 14.4 Å². The summed E-state index contributed by atoms with van der Waals surface area (Å²) in [5, 5.41) is -0.173. The maximum Gasteiger partial charge on any atom is 0.346 e. The highest BCUT2D eigenvalue weighted by Crippen LogP contribution is 2.28. The molecule has 2 aromatic rings. The molecule has 0 aliphatic rings. The molecule has 0 amide bonds. The van der Waals surface area contributed by atoms with Gasteiger partial charge in [-0.15, -0.1) is 0 Å². The number of H-pyrrole nitrogens is 1. The van der Waals surface area contributed by atoms with Crippen molar-refractivity contribution in [1.82, 2.24) is 9.97 Å². The summed E-state index contributed by atoms with van der Waals surface area (Å²) < 4.78 is 0. The van der Waals surface area contributed by atoms with Crippen LogP contribution in [0.3, 0.4) is 0 Å². The van der Waals surface area contributed by atoms with Crippen LogP contribution in [0.4, 0.5) is 0 Å². The van der Waals surface area contributed by atoms with Crippen molar-refractivity contribution in [3.8, 4) is 0 Å². The van der Waals surface area contributed by atoms with Crippen LogP contribution in [0.2, 0.25) is 0 Å². The zero-order valence-electron chi connectivity index (χ0n) is 16.0. The molecule has 0 saturated carbocycles. The highest BCUT2D eigenvalue weighted by Gasteiger charge is 2.22. The third-order valence-electron chi connectivity index (χ3n) is 4.13. The molecular weight excluding hydrogens is 348 g/mol. The molecule has 0 radical (unpaired) electrons. The summed E-state index contributed by atoms with van der Waals surface area (Å²) >= 11 is 1.14. The van der Waals surface area contributed by atoms with Gasteiger partial charge in [-0.05, 0) is 31.7 Å². The van der Waals surface area contributed by atoms with E-state index in [-0.39, 0.29) is 17.0 Å². The van der Waals surface area contributed by atoms with Crippen LogP contribution in [0.25, 0.3) is 0 Å². The Morgan fingerprint density at radius 1 is 1.15 bits per heavy atom. The molecule has 5 nitrogen and oxygen atoms in total. The van der Waals surface area contributed by atoms with Crippen molar-refractivity contribution < 1.29 is 9.59 Å². The smallest absolute Gasteiger partial charge is 0.309 e. The number of aromatic amines is 1. The minimum Gasteiger partial charge on any atom is -0.309 e. The Kier molecular flexibility index (Phi) is 5.86. The molecule has 0 saturated heterocycles. The number of carbonyl (C=O) groups excluding carboxylic acids is 2. The average molecular weight is 372 g/mol. The minimum absolute atomic E-state index is 0.0187. The fourth-order valence-electron chi connectivity index (χ4n) is 2.65. The molecule has 0 bridgehead atoms. The maximum atomic E-state index is 12.7. The molecule has 0 spiro atoms. The number of nitrogens with one attached hydrogen (secondary N) is 1. The summed E-state index contributed by atoms with van der Waals surface area (Å²) in [4.78, 5) is 42.7. The van der Waals surface area contributed by atoms with Crippen molar-refractivity contribution in [2.45, 2.75) is 57.2 Å². The molecule has 0 fully saturated rings. The van der Waals surface area contributed by atoms with E-state index in [1.165, 1.54) is 6.92 Å². The van der Waals surface area contributed by atoms with Gasteiger partial charge in [-0.2, -0.15) is 4.98 Å². The van der Waals surface area contributed by atoms with Gasteiger partial charge in [0.1, 0.15) is 5.03 Å². The van der Waals surface area contributed by atoms with Crippen LogP contribution in [0.1, 0.15) is 66.6 Å². The number of benzene rings is 1. The fraction of sp³-hybridized carbons (Fsp3) is 0.400. The molecule has 0 unspecified atom stereocenters. The van der Waals surface area contributed by atoms with Gasteiger partial charge in [-0.3, -0.25) is 9.59 Å². The summed E-state index contributed by atoms with van der Waals surface area (Å²) in [5.41, 5.74) is 2.07. The Labute approximate surface area is 157 Å². The van der Waals surface area contributed by atoms with Gasteiger partial charge in [0, 0.05) is 11.3 Å². The Morgan fingerprint density at radius 2 is 1.73 bits per heavy atom. The van der Waals surface area contributed by atoms with Crippen molar-refractivity contribution in [2.75, 3.05) is 0 Å². The lowest BCUT2D eigenvalue weighted by Crippen LogP contribution is -2.20. The van der Waals surface area contributed by atoms with Crippen molar-refractivity contribution in [3.05, 3.63) is 57.1 Å². The van der Waals surface area contributed by atoms with Crippen LogP contribution in [0.15, 0.2) is 34.1 Å². The number of ketones is 2. The Balaban J connectivity index is 2.28. The van der Waals surface area contributed by atoms with Gasteiger partial charge in [0.2, 0.25) is 0 Å². The number of hydrogen-bond acceptors (Lipinski definition) is 5. The number of rotatable bonds is 5. The lowest BCUT2D eigenvalue weighted by molar-refractivity contribution is 0.0988. The molecule has 26 heavy (non-hydrogen) atoms. The monoisotopic (exact) mass is 372 g/mol. The average Bonchev–Trinajstić information content (AvgIpc) is 2.52. The summed E-state index contributed by atoms with van der Waals surface area (Å²) in [5.74, 6) is -0.257. The van der Waals surface area contributed by atoms with Gasteiger partial charge in [0.05, 0.1) is 10.8 Å². The van der Waals surface area contributed by atoms with Crippen LogP contribution in [-0.4, -0.2) is 26.8 Å². The normalized spacial score (nSPS) is 12.7. The molecule has 1 N–H and O–H groups in total. The molecule has 1 heterocycles. The third kappa shape index (κ3) is 4.49. The standard InChI is InChI=1S/C20H24N2O3S/c1-11-16(12(2)23)18(22-19(25)21-11)26-13(3)17(24)14-7-9-15(10-8-14)20(4,5)6/h7-10,13H,1-6H3,(H,21,22,25)/t13-/m1/s1. The zero-order valence-corrected chi connectivity index (χ0v) is 16.8. The Morgan fingerprint density at radius 3 is 2.23 bits per heavy atom. The first-order valence-electron chi connectivity index (χ1n) is 8.44. The highest BCUT2D eigenvalue weighted by atomic mass is 32.2. The lowest BCUT2D eigenvalue weighted by atomic mass is 9.86. The second-order valence-corrected chi connectivity index (χ2v) is 8.68. The van der Waals surface area contributed by atoms with E-state index in [4.69, 9.17) is 0 Å². The van der Waals surface area contributed by atoms with E-state index in [2.05, 4.69) is 30.7 Å². The SMILES string of the molecule is CC(=O)c1c(S[C@H](C)C(=O)c2ccc(C(C)(C)C)cc2)nc(=O)[nH]c1C. The number of Topliss-reactive ketones (excluding diaryl/α,β-unsaturated/α-hetero) is 2. The second-order valence-electron chi connectivity index (χ2n) is 7.35. The molecule has 1 aromatic heterocycles. The van der Waals surface area contributed by atoms with Crippen LogP contribution < -0.4 is 5.69 Å². The van der Waals surface area contributed by atoms with Crippen LogP contribution >= 0.6 is 11.8 Å². The Hall–Kier alpha value is -2.21. The molecule has 1 atom stereocenters. The quantitative estimate of drug-likeness (QED) is 0.488. The maximum absolute atomic E-state index is 12.7. The summed E-state index contributed by atoms with van der Waals surface area (Å²) in [7, 11) is 0. The first-order valence-corrected chi connectivity index (χ1v) is 9.32. The largest absolute Gasteiger partial charge is 0.346 e. The molecule has 6 heteroatoms. The first kappa shape index (κ1) is 20.1. The highest BCUT2D eigenvalue weighted by molar-refractivity contribution is 8.00. The van der Waals surface area contributed by atoms with Crippen molar-refractivity contribution in [2.24, 2.45) is 0 Å². The van der Waals surface area contributed by atoms with E-state index >= 15 is 0 Å². The molecule has 1 aromatic carbocycles. The lowest BCUT2D eigenvalue weighted by Gasteiger charge is -2.19. The van der Waals surface area contributed by atoms with E-state index in [0.29, 0.717) is 21.8 Å². The molecule has 138 valence electrons. The number of carbonyl (C=O) groups is 2. The fourth-order valence-corrected chi connectivity index (χ4v) is 3.78. The number of thioether (sulfide) groups is 1.